The van der Waals surface area contributed by atoms with Crippen LogP contribution < -0.4 is 5.32 Å². The number of nitrogens with zero attached hydrogens (tertiary/aromatic N) is 3. The normalized spacial score (nSPS) is 19.2. The van der Waals surface area contributed by atoms with Crippen molar-refractivity contribution in [3.63, 3.8) is 0 Å². The number of carbonyl (C=O) groups is 1. The maximum absolute atomic E-state index is 12.2. The highest BCUT2D eigenvalue weighted by molar-refractivity contribution is 6.03. The Morgan fingerprint density at radius 3 is 2.75 bits per heavy atom. The highest BCUT2D eigenvalue weighted by Crippen LogP contribution is 2.25. The molecule has 1 amide bonds. The number of nitrogens with one attached hydrogen (secondary N) is 1. The molecule has 0 aromatic carbocycles. The number of hydrogen-bond acceptors (Lipinski definition) is 4. The Bertz CT molecular complexity index is 476. The Hall–Kier alpha value is -1.20. The Balaban J connectivity index is 1.83. The van der Waals surface area contributed by atoms with Crippen molar-refractivity contribution in [2.24, 2.45) is 16.8 Å². The van der Waals surface area contributed by atoms with Gasteiger partial charge in [-0.15, -0.1) is 0 Å². The summed E-state index contributed by atoms with van der Waals surface area (Å²) in [5.41, 5.74) is 2.71. The van der Waals surface area contributed by atoms with Gasteiger partial charge in [-0.05, 0) is 38.4 Å². The molecule has 136 valence electrons. The van der Waals surface area contributed by atoms with Crippen molar-refractivity contribution in [1.29, 1.82) is 0 Å². The fourth-order valence-electron chi connectivity index (χ4n) is 3.55. The molecular weight excluding hydrogens is 300 g/mol. The molecule has 1 N–H and O–H groups in total. The van der Waals surface area contributed by atoms with E-state index >= 15 is 0 Å². The van der Waals surface area contributed by atoms with Gasteiger partial charge in [-0.1, -0.05) is 19.9 Å². The second-order valence-electron chi connectivity index (χ2n) is 7.55. The van der Waals surface area contributed by atoms with E-state index in [1.807, 2.05) is 7.05 Å². The standard InChI is InChI=1S/C19H34N4O/c1-15(2)13-18(24)23-10-6-16(7-11-23)19-17(5-8-21-19)14-22(4)12-9-20-3/h5,15-16,20H,6-14H2,1-4H3. The van der Waals surface area contributed by atoms with Gasteiger partial charge >= 0.3 is 0 Å². The summed E-state index contributed by atoms with van der Waals surface area (Å²) >= 11 is 0. The van der Waals surface area contributed by atoms with E-state index in [0.717, 1.165) is 52.1 Å². The number of likely N-dealkylation sites (N-methyl/N-ethyl adjacent to an activating group) is 2. The average molecular weight is 335 g/mol. The van der Waals surface area contributed by atoms with E-state index in [2.05, 4.69) is 42.1 Å². The van der Waals surface area contributed by atoms with E-state index in [1.54, 1.807) is 0 Å². The molecule has 0 aromatic heterocycles. The van der Waals surface area contributed by atoms with Crippen LogP contribution in [0.3, 0.4) is 0 Å². The molecule has 2 aliphatic heterocycles. The SMILES string of the molecule is CNCCN(C)CC1=CCN=C1C1CCN(C(=O)CC(C)C)CC1. The Morgan fingerprint density at radius 1 is 1.42 bits per heavy atom. The van der Waals surface area contributed by atoms with Crippen molar-refractivity contribution in [1.82, 2.24) is 15.1 Å². The Labute approximate surface area is 147 Å². The van der Waals surface area contributed by atoms with Gasteiger partial charge in [-0.3, -0.25) is 9.79 Å². The molecule has 0 unspecified atom stereocenters. The zero-order valence-corrected chi connectivity index (χ0v) is 15.8. The molecular formula is C19H34N4O. The molecule has 2 heterocycles. The monoisotopic (exact) mass is 334 g/mol. The zero-order chi connectivity index (χ0) is 17.5. The lowest BCUT2D eigenvalue weighted by Crippen LogP contribution is -2.41. The van der Waals surface area contributed by atoms with Crippen molar-refractivity contribution in [3.05, 3.63) is 11.6 Å². The highest BCUT2D eigenvalue weighted by Gasteiger charge is 2.29. The van der Waals surface area contributed by atoms with Crippen LogP contribution in [0.4, 0.5) is 0 Å². The van der Waals surface area contributed by atoms with Crippen molar-refractivity contribution < 1.29 is 4.79 Å². The first-order chi connectivity index (χ1) is 11.5. The van der Waals surface area contributed by atoms with Crippen LogP contribution in [0, 0.1) is 11.8 Å². The molecule has 0 radical (unpaired) electrons. The third-order valence-electron chi connectivity index (χ3n) is 4.93. The first kappa shape index (κ1) is 19.1. The van der Waals surface area contributed by atoms with Gasteiger partial charge in [-0.25, -0.2) is 0 Å². The molecule has 5 heteroatoms. The molecule has 0 spiro atoms. The summed E-state index contributed by atoms with van der Waals surface area (Å²) in [6, 6.07) is 0. The van der Waals surface area contributed by atoms with Gasteiger partial charge in [0.15, 0.2) is 0 Å². The number of aliphatic imine (C=N–C) groups is 1. The molecule has 1 fully saturated rings. The number of carbonyl (C=O) groups excluding carboxylic acids is 1. The van der Waals surface area contributed by atoms with Crippen LogP contribution in [0.1, 0.15) is 33.1 Å². The number of piperidine rings is 1. The molecule has 5 nitrogen and oxygen atoms in total. The minimum absolute atomic E-state index is 0.319. The Kier molecular flexibility index (Phi) is 7.43. The summed E-state index contributed by atoms with van der Waals surface area (Å²) in [4.78, 5) is 21.4. The average Bonchev–Trinajstić information content (AvgIpc) is 3.00. The summed E-state index contributed by atoms with van der Waals surface area (Å²) in [7, 11) is 4.16. The van der Waals surface area contributed by atoms with Crippen LogP contribution in [0.15, 0.2) is 16.6 Å². The van der Waals surface area contributed by atoms with Gasteiger partial charge in [0, 0.05) is 50.8 Å². The molecule has 0 atom stereocenters. The fraction of sp³-hybridized carbons (Fsp3) is 0.789. The number of amides is 1. The highest BCUT2D eigenvalue weighted by atomic mass is 16.2. The van der Waals surface area contributed by atoms with Crippen LogP contribution in [-0.4, -0.2) is 74.8 Å². The molecule has 0 bridgehead atoms. The summed E-state index contributed by atoms with van der Waals surface area (Å²) < 4.78 is 0. The van der Waals surface area contributed by atoms with Crippen LogP contribution in [0.5, 0.6) is 0 Å². The lowest BCUT2D eigenvalue weighted by Gasteiger charge is -2.33. The summed E-state index contributed by atoms with van der Waals surface area (Å²) in [5.74, 6) is 1.29. The molecule has 2 aliphatic rings. The van der Waals surface area contributed by atoms with Crippen molar-refractivity contribution >= 4 is 11.6 Å². The van der Waals surface area contributed by atoms with Gasteiger partial charge in [0.25, 0.3) is 0 Å². The predicted molar refractivity (Wildman–Crippen MR) is 101 cm³/mol. The molecule has 0 aliphatic carbocycles. The van der Waals surface area contributed by atoms with Crippen LogP contribution in [0.2, 0.25) is 0 Å². The van der Waals surface area contributed by atoms with E-state index in [0.29, 0.717) is 24.2 Å². The smallest absolute Gasteiger partial charge is 0.222 e. The van der Waals surface area contributed by atoms with Crippen LogP contribution >= 0.6 is 0 Å². The van der Waals surface area contributed by atoms with E-state index in [4.69, 9.17) is 4.99 Å². The van der Waals surface area contributed by atoms with Crippen molar-refractivity contribution in [2.45, 2.75) is 33.1 Å². The second-order valence-corrected chi connectivity index (χ2v) is 7.55. The maximum Gasteiger partial charge on any atom is 0.222 e. The number of rotatable bonds is 8. The Morgan fingerprint density at radius 2 is 2.12 bits per heavy atom. The largest absolute Gasteiger partial charge is 0.343 e. The quantitative estimate of drug-likeness (QED) is 0.736. The third kappa shape index (κ3) is 5.42. The summed E-state index contributed by atoms with van der Waals surface area (Å²) in [6.07, 6.45) is 5.06. The zero-order valence-electron chi connectivity index (χ0n) is 15.8. The minimum Gasteiger partial charge on any atom is -0.343 e. The lowest BCUT2D eigenvalue weighted by atomic mass is 9.88. The van der Waals surface area contributed by atoms with Gasteiger partial charge in [0.05, 0.1) is 6.54 Å². The third-order valence-corrected chi connectivity index (χ3v) is 4.93. The van der Waals surface area contributed by atoms with Crippen molar-refractivity contribution in [2.75, 3.05) is 53.4 Å². The molecule has 0 aromatic rings. The minimum atomic E-state index is 0.319. The topological polar surface area (TPSA) is 47.9 Å². The number of likely N-dealkylation sites (tertiary alicyclic amines) is 1. The predicted octanol–water partition coefficient (Wildman–Crippen LogP) is 1.80. The maximum atomic E-state index is 12.2. The lowest BCUT2D eigenvalue weighted by molar-refractivity contribution is -0.133. The summed E-state index contributed by atoms with van der Waals surface area (Å²) in [5, 5.41) is 3.20. The van der Waals surface area contributed by atoms with E-state index in [9.17, 15) is 4.79 Å². The molecule has 24 heavy (non-hydrogen) atoms. The molecule has 2 rings (SSSR count). The van der Waals surface area contributed by atoms with Gasteiger partial charge in [-0.2, -0.15) is 0 Å². The molecule has 0 saturated carbocycles. The van der Waals surface area contributed by atoms with Gasteiger partial charge in [0.2, 0.25) is 5.91 Å². The summed E-state index contributed by atoms with van der Waals surface area (Å²) in [6.45, 7) is 9.86. The van der Waals surface area contributed by atoms with E-state index in [1.165, 1.54) is 11.3 Å². The second kappa shape index (κ2) is 9.33. The fourth-order valence-corrected chi connectivity index (χ4v) is 3.55. The molecule has 1 saturated heterocycles. The first-order valence-electron chi connectivity index (χ1n) is 9.36. The van der Waals surface area contributed by atoms with Crippen LogP contribution in [0.25, 0.3) is 0 Å². The van der Waals surface area contributed by atoms with Gasteiger partial charge < -0.3 is 15.1 Å². The van der Waals surface area contributed by atoms with Gasteiger partial charge in [0.1, 0.15) is 0 Å². The van der Waals surface area contributed by atoms with E-state index < -0.39 is 0 Å². The number of hydrogen-bond donors (Lipinski definition) is 1. The first-order valence-corrected chi connectivity index (χ1v) is 9.36. The van der Waals surface area contributed by atoms with Crippen molar-refractivity contribution in [3.8, 4) is 0 Å². The van der Waals surface area contributed by atoms with Crippen LogP contribution in [-0.2, 0) is 4.79 Å². The van der Waals surface area contributed by atoms with E-state index in [-0.39, 0.29) is 0 Å².